The van der Waals surface area contributed by atoms with Gasteiger partial charge in [0.2, 0.25) is 0 Å². The van der Waals surface area contributed by atoms with E-state index in [1.807, 2.05) is 6.07 Å². The Labute approximate surface area is 264 Å². The molecule has 2 aromatic heterocycles. The third-order valence-electron chi connectivity index (χ3n) is 7.31. The molecule has 0 unspecified atom stereocenters. The van der Waals surface area contributed by atoms with Crippen molar-refractivity contribution in [2.24, 2.45) is 0 Å². The van der Waals surface area contributed by atoms with Gasteiger partial charge in [0.1, 0.15) is 18.0 Å². The second kappa shape index (κ2) is 16.6. The number of carbonyl (C=O) groups excluding carboxylic acids is 5. The van der Waals surface area contributed by atoms with Crippen LogP contribution in [0.3, 0.4) is 0 Å². The molecule has 2 heterocycles. The monoisotopic (exact) mass is 640 g/mol. The van der Waals surface area contributed by atoms with Crippen LogP contribution < -0.4 is 0 Å². The largest absolute Gasteiger partial charge is 0.477 e. The van der Waals surface area contributed by atoms with Crippen LogP contribution in [0.5, 0.6) is 0 Å². The maximum absolute atomic E-state index is 13.4. The van der Waals surface area contributed by atoms with Crippen molar-refractivity contribution in [3.63, 3.8) is 0 Å². The first kappa shape index (κ1) is 35.1. The number of aromatic amines is 2. The molecule has 0 amide bonds. The summed E-state index contributed by atoms with van der Waals surface area (Å²) in [6.45, 7) is -0.0516. The molecule has 14 nitrogen and oxygen atoms in total. The molecule has 1 aromatic carbocycles. The summed E-state index contributed by atoms with van der Waals surface area (Å²) in [7, 11) is 4.80. The molecule has 0 aliphatic heterocycles. The molecule has 0 bridgehead atoms. The van der Waals surface area contributed by atoms with Crippen LogP contribution in [-0.2, 0) is 81.6 Å². The number of H-pyrrole nitrogens is 2. The lowest BCUT2D eigenvalue weighted by molar-refractivity contribution is -0.141. The highest BCUT2D eigenvalue weighted by Crippen LogP contribution is 2.30. The van der Waals surface area contributed by atoms with Crippen molar-refractivity contribution in [2.45, 2.75) is 51.6 Å². The van der Waals surface area contributed by atoms with Gasteiger partial charge in [0.15, 0.2) is 0 Å². The van der Waals surface area contributed by atoms with Crippen molar-refractivity contribution in [2.75, 3.05) is 28.4 Å². The third kappa shape index (κ3) is 9.06. The second-order valence-electron chi connectivity index (χ2n) is 10.1. The maximum Gasteiger partial charge on any atom is 0.355 e. The Balaban J connectivity index is 2.17. The molecule has 0 aliphatic rings. The Bertz CT molecular complexity index is 1590. The Morgan fingerprint density at radius 3 is 1.67 bits per heavy atom. The first-order chi connectivity index (χ1) is 22.0. The highest BCUT2D eigenvalue weighted by atomic mass is 16.5. The van der Waals surface area contributed by atoms with Gasteiger partial charge in [0, 0.05) is 30.7 Å². The summed E-state index contributed by atoms with van der Waals surface area (Å²) in [6, 6.07) is 8.96. The number of carbonyl (C=O) groups is 6. The first-order valence-corrected chi connectivity index (χ1v) is 14.2. The van der Waals surface area contributed by atoms with Gasteiger partial charge < -0.3 is 38.8 Å². The van der Waals surface area contributed by atoms with Gasteiger partial charge in [0.25, 0.3) is 0 Å². The number of methoxy groups -OCH3 is 4. The number of aromatic carboxylic acids is 1. The molecule has 0 radical (unpaired) electrons. The van der Waals surface area contributed by atoms with E-state index in [9.17, 15) is 33.9 Å². The predicted molar refractivity (Wildman–Crippen MR) is 159 cm³/mol. The highest BCUT2D eigenvalue weighted by Gasteiger charge is 2.29. The number of carboxylic acid groups (broad SMARTS) is 1. The van der Waals surface area contributed by atoms with Gasteiger partial charge in [-0.1, -0.05) is 30.3 Å². The number of hydrogen-bond donors (Lipinski definition) is 3. The van der Waals surface area contributed by atoms with Gasteiger partial charge in [-0.05, 0) is 40.7 Å². The molecule has 0 fully saturated rings. The summed E-state index contributed by atoms with van der Waals surface area (Å²) in [5, 5.41) is 9.95. The van der Waals surface area contributed by atoms with Crippen LogP contribution in [0.4, 0.5) is 0 Å². The van der Waals surface area contributed by atoms with Crippen LogP contribution in [0.2, 0.25) is 0 Å². The molecule has 3 rings (SSSR count). The number of carboxylic acids is 1. The summed E-state index contributed by atoms with van der Waals surface area (Å²) in [4.78, 5) is 80.5. The van der Waals surface area contributed by atoms with Gasteiger partial charge in [-0.25, -0.2) is 9.59 Å². The minimum Gasteiger partial charge on any atom is -0.477 e. The number of ether oxygens (including phenoxy) is 5. The molecule has 0 saturated heterocycles. The molecule has 246 valence electrons. The van der Waals surface area contributed by atoms with E-state index in [1.54, 1.807) is 24.3 Å². The Morgan fingerprint density at radius 2 is 1.13 bits per heavy atom. The molecular formula is C32H36N2O12. The summed E-state index contributed by atoms with van der Waals surface area (Å²) in [5.41, 5.74) is 2.19. The number of hydrogen-bond acceptors (Lipinski definition) is 11. The zero-order valence-electron chi connectivity index (χ0n) is 26.0. The fourth-order valence-electron chi connectivity index (χ4n) is 4.98. The van der Waals surface area contributed by atoms with Crippen LogP contribution in [0.25, 0.3) is 0 Å². The molecule has 46 heavy (non-hydrogen) atoms. The average Bonchev–Trinajstić information content (AvgIpc) is 3.58. The van der Waals surface area contributed by atoms with Gasteiger partial charge in [0.05, 0.1) is 41.3 Å². The molecule has 14 heteroatoms. The Kier molecular flexibility index (Phi) is 12.7. The standard InChI is InChI=1S/C32H36N2O12/c1-42-25(35)12-10-19-22(15-28(38)45-4)29(31(39)40)33-23(19)16-24-21(14-27(37)44-3)20(11-13-26(36)43-2)30(34-24)32(41)46-17-18-8-6-5-7-9-18/h5-9,33-34H,10-17H2,1-4H3,(H,39,40). The Hall–Kier alpha value is -5.40. The van der Waals surface area contributed by atoms with Crippen molar-refractivity contribution in [1.29, 1.82) is 0 Å². The van der Waals surface area contributed by atoms with Crippen molar-refractivity contribution in [1.82, 2.24) is 9.97 Å². The van der Waals surface area contributed by atoms with Gasteiger partial charge in [-0.3, -0.25) is 19.2 Å². The summed E-state index contributed by atoms with van der Waals surface area (Å²) < 4.78 is 24.8. The minimum atomic E-state index is -1.35. The summed E-state index contributed by atoms with van der Waals surface area (Å²) in [6.07, 6.45) is -1.04. The molecule has 0 spiro atoms. The van der Waals surface area contributed by atoms with Gasteiger partial charge in [-0.2, -0.15) is 0 Å². The third-order valence-corrected chi connectivity index (χ3v) is 7.31. The quantitative estimate of drug-likeness (QED) is 0.153. The van der Waals surface area contributed by atoms with Crippen LogP contribution in [0, 0.1) is 0 Å². The zero-order chi connectivity index (χ0) is 33.8. The lowest BCUT2D eigenvalue weighted by atomic mass is 9.96. The predicted octanol–water partition coefficient (Wildman–Crippen LogP) is 2.63. The van der Waals surface area contributed by atoms with E-state index in [1.165, 1.54) is 21.3 Å². The van der Waals surface area contributed by atoms with Crippen molar-refractivity contribution in [3.05, 3.63) is 80.9 Å². The van der Waals surface area contributed by atoms with E-state index >= 15 is 0 Å². The zero-order valence-corrected chi connectivity index (χ0v) is 26.0. The number of aromatic nitrogens is 2. The van der Waals surface area contributed by atoms with E-state index in [2.05, 4.69) is 9.97 Å². The van der Waals surface area contributed by atoms with E-state index in [4.69, 9.17) is 23.7 Å². The molecule has 3 N–H and O–H groups in total. The fraction of sp³-hybridized carbons (Fsp3) is 0.375. The minimum absolute atomic E-state index is 0.000831. The van der Waals surface area contributed by atoms with E-state index in [0.717, 1.165) is 12.7 Å². The fourth-order valence-corrected chi connectivity index (χ4v) is 4.98. The van der Waals surface area contributed by atoms with Gasteiger partial charge in [-0.15, -0.1) is 0 Å². The van der Waals surface area contributed by atoms with Crippen LogP contribution in [0.15, 0.2) is 30.3 Å². The maximum atomic E-state index is 13.4. The van der Waals surface area contributed by atoms with Crippen molar-refractivity contribution >= 4 is 35.8 Å². The smallest absolute Gasteiger partial charge is 0.355 e. The molecule has 3 aromatic rings. The topological polar surface area (TPSA) is 200 Å². The lowest BCUT2D eigenvalue weighted by Crippen LogP contribution is -2.12. The second-order valence-corrected chi connectivity index (χ2v) is 10.1. The van der Waals surface area contributed by atoms with Crippen molar-refractivity contribution < 1.29 is 57.6 Å². The van der Waals surface area contributed by atoms with Gasteiger partial charge >= 0.3 is 35.8 Å². The summed E-state index contributed by atoms with van der Waals surface area (Å²) in [5.74, 6) is -4.56. The van der Waals surface area contributed by atoms with Crippen LogP contribution in [-0.4, -0.2) is 79.3 Å². The number of benzene rings is 1. The summed E-state index contributed by atoms with van der Waals surface area (Å²) >= 11 is 0. The first-order valence-electron chi connectivity index (χ1n) is 14.2. The number of nitrogens with one attached hydrogen (secondary N) is 2. The number of rotatable bonds is 16. The molecule has 0 saturated carbocycles. The van der Waals surface area contributed by atoms with E-state index < -0.39 is 42.2 Å². The van der Waals surface area contributed by atoms with Crippen LogP contribution >= 0.6 is 0 Å². The highest BCUT2D eigenvalue weighted by molar-refractivity contribution is 5.92. The number of esters is 5. The van der Waals surface area contributed by atoms with Crippen LogP contribution in [0.1, 0.15) is 73.0 Å². The molecule has 0 atom stereocenters. The average molecular weight is 641 g/mol. The molecule has 0 aliphatic carbocycles. The SMILES string of the molecule is COC(=O)CCc1c(Cc2[nH]c(C(=O)OCc3ccccc3)c(CCC(=O)OC)c2CC(=O)OC)[nH]c(C(=O)O)c1CC(=O)OC. The van der Waals surface area contributed by atoms with E-state index in [-0.39, 0.29) is 62.1 Å². The van der Waals surface area contributed by atoms with Crippen molar-refractivity contribution in [3.8, 4) is 0 Å². The van der Waals surface area contributed by atoms with E-state index in [0.29, 0.717) is 28.1 Å². The lowest BCUT2D eigenvalue weighted by Gasteiger charge is -2.10. The molecular weight excluding hydrogens is 604 g/mol. The normalized spacial score (nSPS) is 10.6. The Morgan fingerprint density at radius 1 is 0.630 bits per heavy atom.